The maximum atomic E-state index is 5.54. The first kappa shape index (κ1) is 22.0. The molecule has 1 aromatic heterocycles. The fourth-order valence-corrected chi connectivity index (χ4v) is 4.22. The van der Waals surface area contributed by atoms with E-state index in [-0.39, 0.29) is 0 Å². The van der Waals surface area contributed by atoms with Crippen LogP contribution in [0.3, 0.4) is 0 Å². The van der Waals surface area contributed by atoms with E-state index >= 15 is 0 Å². The number of hydrogen-bond donors (Lipinski definition) is 2. The van der Waals surface area contributed by atoms with Crippen LogP contribution in [0, 0.1) is 5.92 Å². The molecule has 3 heterocycles. The number of hydrogen-bond acceptors (Lipinski definition) is 5. The molecule has 0 spiro atoms. The summed E-state index contributed by atoms with van der Waals surface area (Å²) in [5.41, 5.74) is 0. The number of guanidine groups is 1. The van der Waals surface area contributed by atoms with Gasteiger partial charge in [-0.3, -0.25) is 4.90 Å². The van der Waals surface area contributed by atoms with Crippen LogP contribution >= 0.6 is 0 Å². The Morgan fingerprint density at radius 3 is 2.69 bits per heavy atom. The average Bonchev–Trinajstić information content (AvgIpc) is 2.95. The van der Waals surface area contributed by atoms with Crippen molar-refractivity contribution in [1.82, 2.24) is 30.3 Å². The number of aliphatic imine (C=N–C) groups is 1. The minimum Gasteiger partial charge on any atom is -0.379 e. The Kier molecular flexibility index (Phi) is 8.73. The van der Waals surface area contributed by atoms with Crippen LogP contribution in [0.1, 0.15) is 58.1 Å². The van der Waals surface area contributed by atoms with Gasteiger partial charge >= 0.3 is 0 Å². The summed E-state index contributed by atoms with van der Waals surface area (Å²) in [6, 6.07) is 0.493. The van der Waals surface area contributed by atoms with E-state index in [4.69, 9.17) is 9.73 Å². The normalized spacial score (nSPS) is 19.7. The number of morpholine rings is 1. The number of nitrogens with one attached hydrogen (secondary N) is 2. The monoisotopic (exact) mass is 405 g/mol. The molecule has 1 unspecified atom stereocenters. The molecule has 1 fully saturated rings. The van der Waals surface area contributed by atoms with E-state index in [1.165, 1.54) is 25.7 Å². The van der Waals surface area contributed by atoms with Crippen LogP contribution in [0.2, 0.25) is 0 Å². The van der Waals surface area contributed by atoms with Crippen molar-refractivity contribution in [2.24, 2.45) is 10.9 Å². The van der Waals surface area contributed by atoms with E-state index in [0.29, 0.717) is 18.5 Å². The summed E-state index contributed by atoms with van der Waals surface area (Å²) in [6.45, 7) is 13.7. The van der Waals surface area contributed by atoms with Gasteiger partial charge in [0, 0.05) is 45.2 Å². The van der Waals surface area contributed by atoms with Crippen LogP contribution in [0.4, 0.5) is 0 Å². The first-order chi connectivity index (χ1) is 14.2. The van der Waals surface area contributed by atoms with E-state index in [1.54, 1.807) is 0 Å². The van der Waals surface area contributed by atoms with Crippen LogP contribution < -0.4 is 10.6 Å². The largest absolute Gasteiger partial charge is 0.379 e. The molecule has 2 aliphatic rings. The predicted molar refractivity (Wildman–Crippen MR) is 116 cm³/mol. The van der Waals surface area contributed by atoms with Gasteiger partial charge in [-0.2, -0.15) is 0 Å². The summed E-state index contributed by atoms with van der Waals surface area (Å²) >= 11 is 0. The van der Waals surface area contributed by atoms with Gasteiger partial charge in [-0.15, -0.1) is 10.2 Å². The Morgan fingerprint density at radius 1 is 1.10 bits per heavy atom. The van der Waals surface area contributed by atoms with Crippen LogP contribution in [0.15, 0.2) is 4.99 Å². The third-order valence-electron chi connectivity index (χ3n) is 5.72. The lowest BCUT2D eigenvalue weighted by atomic mass is 10.0. The molecule has 1 atom stereocenters. The number of fused-ring (bicyclic) bond motifs is 1. The zero-order chi connectivity index (χ0) is 20.5. The molecule has 3 rings (SSSR count). The van der Waals surface area contributed by atoms with Crippen LogP contribution in [-0.2, 0) is 24.2 Å². The lowest BCUT2D eigenvalue weighted by Crippen LogP contribution is -2.51. The van der Waals surface area contributed by atoms with Crippen LogP contribution in [0.25, 0.3) is 0 Å². The number of aromatic nitrogens is 3. The molecule has 29 heavy (non-hydrogen) atoms. The maximum Gasteiger partial charge on any atom is 0.191 e. The number of ether oxygens (including phenoxy) is 1. The van der Waals surface area contributed by atoms with Gasteiger partial charge in [0.2, 0.25) is 0 Å². The summed E-state index contributed by atoms with van der Waals surface area (Å²) in [5, 5.41) is 15.8. The summed E-state index contributed by atoms with van der Waals surface area (Å²) in [4.78, 5) is 7.37. The molecule has 0 aromatic carbocycles. The van der Waals surface area contributed by atoms with E-state index < -0.39 is 0 Å². The minimum absolute atomic E-state index is 0.493. The van der Waals surface area contributed by atoms with Gasteiger partial charge in [-0.05, 0) is 32.1 Å². The second-order valence-corrected chi connectivity index (χ2v) is 8.50. The van der Waals surface area contributed by atoms with Gasteiger partial charge < -0.3 is 19.9 Å². The van der Waals surface area contributed by atoms with Gasteiger partial charge in [-0.25, -0.2) is 4.99 Å². The molecule has 0 saturated carbocycles. The molecular formula is C21H39N7O. The highest BCUT2D eigenvalue weighted by Crippen LogP contribution is 2.15. The molecule has 1 aromatic rings. The second kappa shape index (κ2) is 11.5. The molecule has 8 nitrogen and oxygen atoms in total. The molecule has 8 heteroatoms. The van der Waals surface area contributed by atoms with E-state index in [2.05, 4.69) is 51.1 Å². The third-order valence-corrected chi connectivity index (χ3v) is 5.72. The standard InChI is InChI=1S/C21H39N7O/c1-4-22-21(23-15-18(14-17(2)3)27-10-12-29-13-11-27)24-16-20-26-25-19-8-6-5-7-9-28(19)20/h17-18H,4-16H2,1-3H3,(H2,22,23,24). The van der Waals surface area contributed by atoms with Crippen molar-refractivity contribution in [1.29, 1.82) is 0 Å². The Labute approximate surface area is 175 Å². The Hall–Kier alpha value is -1.67. The van der Waals surface area contributed by atoms with E-state index in [1.807, 2.05) is 0 Å². The average molecular weight is 406 g/mol. The number of nitrogens with zero attached hydrogens (tertiary/aromatic N) is 5. The van der Waals surface area contributed by atoms with Crippen molar-refractivity contribution in [2.75, 3.05) is 39.4 Å². The van der Waals surface area contributed by atoms with Crippen molar-refractivity contribution >= 4 is 5.96 Å². The van der Waals surface area contributed by atoms with Gasteiger partial charge in [-0.1, -0.05) is 20.3 Å². The molecule has 164 valence electrons. The fourth-order valence-electron chi connectivity index (χ4n) is 4.22. The molecule has 0 radical (unpaired) electrons. The van der Waals surface area contributed by atoms with Crippen molar-refractivity contribution < 1.29 is 4.74 Å². The maximum absolute atomic E-state index is 5.54. The first-order valence-electron chi connectivity index (χ1n) is 11.4. The molecule has 1 saturated heterocycles. The smallest absolute Gasteiger partial charge is 0.191 e. The Morgan fingerprint density at radius 2 is 1.93 bits per heavy atom. The predicted octanol–water partition coefficient (Wildman–Crippen LogP) is 1.81. The van der Waals surface area contributed by atoms with Gasteiger partial charge in [0.1, 0.15) is 12.4 Å². The molecule has 2 aliphatic heterocycles. The molecule has 0 aliphatic carbocycles. The highest BCUT2D eigenvalue weighted by molar-refractivity contribution is 5.79. The topological polar surface area (TPSA) is 79.6 Å². The lowest BCUT2D eigenvalue weighted by Gasteiger charge is -2.35. The molecule has 0 bridgehead atoms. The summed E-state index contributed by atoms with van der Waals surface area (Å²) in [7, 11) is 0. The Bertz CT molecular complexity index is 637. The van der Waals surface area contributed by atoms with Gasteiger partial charge in [0.15, 0.2) is 11.8 Å². The van der Waals surface area contributed by atoms with Gasteiger partial charge in [0.25, 0.3) is 0 Å². The molecule has 0 amide bonds. The quantitative estimate of drug-likeness (QED) is 0.507. The SMILES string of the molecule is CCNC(=NCc1nnc2n1CCCCC2)NCC(CC(C)C)N1CCOCC1. The molecular weight excluding hydrogens is 366 g/mol. The second-order valence-electron chi connectivity index (χ2n) is 8.50. The van der Waals surface area contributed by atoms with Crippen LogP contribution in [-0.4, -0.2) is 71.1 Å². The van der Waals surface area contributed by atoms with Crippen molar-refractivity contribution in [3.63, 3.8) is 0 Å². The first-order valence-corrected chi connectivity index (χ1v) is 11.4. The zero-order valence-corrected chi connectivity index (χ0v) is 18.5. The van der Waals surface area contributed by atoms with Crippen molar-refractivity contribution in [2.45, 2.75) is 72.0 Å². The minimum atomic E-state index is 0.493. The van der Waals surface area contributed by atoms with E-state index in [0.717, 1.165) is 70.0 Å². The van der Waals surface area contributed by atoms with Crippen molar-refractivity contribution in [3.05, 3.63) is 11.6 Å². The number of aryl methyl sites for hydroxylation is 1. The number of rotatable bonds is 8. The summed E-state index contributed by atoms with van der Waals surface area (Å²) < 4.78 is 7.81. The highest BCUT2D eigenvalue weighted by Gasteiger charge is 2.22. The van der Waals surface area contributed by atoms with Crippen LogP contribution in [0.5, 0.6) is 0 Å². The zero-order valence-electron chi connectivity index (χ0n) is 18.5. The summed E-state index contributed by atoms with van der Waals surface area (Å²) in [6.07, 6.45) is 5.89. The van der Waals surface area contributed by atoms with Gasteiger partial charge in [0.05, 0.1) is 13.2 Å². The fraction of sp³-hybridized carbons (Fsp3) is 0.857. The third kappa shape index (κ3) is 6.67. The lowest BCUT2D eigenvalue weighted by molar-refractivity contribution is 0.0132. The summed E-state index contributed by atoms with van der Waals surface area (Å²) in [5.74, 6) is 3.62. The van der Waals surface area contributed by atoms with E-state index in [9.17, 15) is 0 Å². The Balaban J connectivity index is 1.61. The van der Waals surface area contributed by atoms with Crippen molar-refractivity contribution in [3.8, 4) is 0 Å². The highest BCUT2D eigenvalue weighted by atomic mass is 16.5. The molecule has 2 N–H and O–H groups in total.